The number of aromatic hydroxyl groups is 1. The molecule has 3 nitrogen and oxygen atoms in total. The number of ketones is 1. The van der Waals surface area contributed by atoms with Gasteiger partial charge < -0.3 is 10.2 Å². The summed E-state index contributed by atoms with van der Waals surface area (Å²) in [6.07, 6.45) is 1.59. The second-order valence-electron chi connectivity index (χ2n) is 7.59. The van der Waals surface area contributed by atoms with E-state index in [1.54, 1.807) is 12.1 Å². The summed E-state index contributed by atoms with van der Waals surface area (Å²) in [5.74, 6) is 5.43. The molecule has 0 saturated carbocycles. The van der Waals surface area contributed by atoms with Gasteiger partial charge in [-0.15, -0.1) is 0 Å². The van der Waals surface area contributed by atoms with Crippen molar-refractivity contribution in [3.8, 4) is 17.6 Å². The fraction of sp³-hybridized carbons (Fsp3) is 0.550. The van der Waals surface area contributed by atoms with E-state index in [0.29, 0.717) is 23.1 Å². The van der Waals surface area contributed by atoms with Crippen LogP contribution in [0.2, 0.25) is 0 Å². The molecule has 0 fully saturated rings. The van der Waals surface area contributed by atoms with Crippen LogP contribution < -0.4 is 0 Å². The summed E-state index contributed by atoms with van der Waals surface area (Å²) in [5, 5.41) is 20.3. The van der Waals surface area contributed by atoms with E-state index in [-0.39, 0.29) is 23.6 Å². The number of carbonyl (C=O) groups is 1. The van der Waals surface area contributed by atoms with Crippen molar-refractivity contribution in [2.45, 2.75) is 65.2 Å². The first-order valence-electron chi connectivity index (χ1n) is 8.06. The van der Waals surface area contributed by atoms with Crippen molar-refractivity contribution in [3.05, 3.63) is 28.8 Å². The van der Waals surface area contributed by atoms with Crippen molar-refractivity contribution in [2.24, 2.45) is 0 Å². The lowest BCUT2D eigenvalue weighted by molar-refractivity contribution is 0.105. The predicted molar refractivity (Wildman–Crippen MR) is 93.9 cm³/mol. The minimum atomic E-state index is -0.642. The Morgan fingerprint density at radius 1 is 1.13 bits per heavy atom. The van der Waals surface area contributed by atoms with Gasteiger partial charge in [0.15, 0.2) is 0 Å². The van der Waals surface area contributed by atoms with Crippen LogP contribution >= 0.6 is 0 Å². The van der Waals surface area contributed by atoms with E-state index < -0.39 is 5.41 Å². The molecule has 1 rings (SSSR count). The number of benzene rings is 1. The fourth-order valence-electron chi connectivity index (χ4n) is 2.28. The van der Waals surface area contributed by atoms with E-state index in [9.17, 15) is 15.0 Å². The minimum absolute atomic E-state index is 0.122. The zero-order chi connectivity index (χ0) is 17.8. The number of carbonyl (C=O) groups excluding carboxylic acids is 1. The molecule has 0 heterocycles. The average Bonchev–Trinajstić information content (AvgIpc) is 2.46. The van der Waals surface area contributed by atoms with E-state index in [1.807, 2.05) is 41.5 Å². The smallest absolute Gasteiger partial charge is 0.235 e. The van der Waals surface area contributed by atoms with E-state index >= 15 is 0 Å². The van der Waals surface area contributed by atoms with Gasteiger partial charge in [0, 0.05) is 28.5 Å². The molecule has 2 N–H and O–H groups in total. The van der Waals surface area contributed by atoms with Crippen molar-refractivity contribution < 1.29 is 15.0 Å². The number of phenols is 1. The summed E-state index contributed by atoms with van der Waals surface area (Å²) in [5.41, 5.74) is 0.771. The van der Waals surface area contributed by atoms with Gasteiger partial charge in [-0.1, -0.05) is 47.5 Å². The Balaban J connectivity index is 3.53. The largest absolute Gasteiger partial charge is 0.507 e. The van der Waals surface area contributed by atoms with Gasteiger partial charge in [0.1, 0.15) is 5.75 Å². The highest BCUT2D eigenvalue weighted by Crippen LogP contribution is 2.39. The first kappa shape index (κ1) is 19.3. The van der Waals surface area contributed by atoms with E-state index in [2.05, 4.69) is 11.8 Å². The van der Waals surface area contributed by atoms with Crippen LogP contribution in [0.25, 0.3) is 0 Å². The number of Topliss-reactive ketones (excluding diaryl/α,β-unsaturated/α-hetero) is 1. The number of unbranched alkanes of at least 4 members (excludes halogenated alkanes) is 1. The third kappa shape index (κ3) is 4.59. The number of rotatable bonds is 4. The van der Waals surface area contributed by atoms with Crippen LogP contribution in [0, 0.1) is 11.8 Å². The molecule has 23 heavy (non-hydrogen) atoms. The highest BCUT2D eigenvalue weighted by molar-refractivity contribution is 6.09. The van der Waals surface area contributed by atoms with Crippen LogP contribution in [0.15, 0.2) is 12.1 Å². The molecule has 1 aromatic carbocycles. The Morgan fingerprint density at radius 2 is 1.70 bits per heavy atom. The molecule has 0 spiro atoms. The summed E-state index contributed by atoms with van der Waals surface area (Å²) < 4.78 is 0. The van der Waals surface area contributed by atoms with Crippen molar-refractivity contribution in [1.29, 1.82) is 0 Å². The SMILES string of the molecule is CCCC#CC(=O)c1cc(C(C)(C)C)c(O)c(C(C)(C)CO)c1. The summed E-state index contributed by atoms with van der Waals surface area (Å²) in [4.78, 5) is 12.4. The zero-order valence-corrected chi connectivity index (χ0v) is 15.1. The Bertz CT molecular complexity index is 637. The van der Waals surface area contributed by atoms with Gasteiger partial charge in [-0.2, -0.15) is 0 Å². The van der Waals surface area contributed by atoms with Gasteiger partial charge in [0.05, 0.1) is 6.61 Å². The lowest BCUT2D eigenvalue weighted by atomic mass is 9.77. The van der Waals surface area contributed by atoms with Crippen LogP contribution in [-0.2, 0) is 10.8 Å². The highest BCUT2D eigenvalue weighted by atomic mass is 16.3. The normalized spacial score (nSPS) is 11.8. The average molecular weight is 316 g/mol. The second-order valence-corrected chi connectivity index (χ2v) is 7.59. The van der Waals surface area contributed by atoms with Crippen molar-refractivity contribution in [3.63, 3.8) is 0 Å². The molecule has 0 aliphatic heterocycles. The first-order chi connectivity index (χ1) is 10.5. The number of aliphatic hydroxyl groups excluding tert-OH is 1. The van der Waals surface area contributed by atoms with Gasteiger partial charge in [-0.3, -0.25) is 4.79 Å². The molecule has 0 amide bonds. The number of hydrogen-bond acceptors (Lipinski definition) is 3. The van der Waals surface area contributed by atoms with Crippen molar-refractivity contribution in [2.75, 3.05) is 6.61 Å². The molecular formula is C20H28O3. The summed E-state index contributed by atoms with van der Waals surface area (Å²) >= 11 is 0. The molecule has 3 heteroatoms. The highest BCUT2D eigenvalue weighted by Gasteiger charge is 2.29. The third-order valence-corrected chi connectivity index (χ3v) is 3.88. The molecule has 0 unspecified atom stereocenters. The number of phenolic OH excluding ortho intramolecular Hbond substituents is 1. The van der Waals surface area contributed by atoms with Crippen molar-refractivity contribution >= 4 is 5.78 Å². The standard InChI is InChI=1S/C20H28O3/c1-7-8-9-10-17(22)14-11-15(19(2,3)4)18(23)16(12-14)20(5,6)13-21/h11-12,21,23H,7-8,13H2,1-6H3. The quantitative estimate of drug-likeness (QED) is 0.502. The second kappa shape index (κ2) is 7.19. The fourth-order valence-corrected chi connectivity index (χ4v) is 2.28. The van der Waals surface area contributed by atoms with E-state index in [4.69, 9.17) is 0 Å². The lowest BCUT2D eigenvalue weighted by Gasteiger charge is -2.29. The Hall–Kier alpha value is -1.79. The van der Waals surface area contributed by atoms with Crippen LogP contribution in [0.3, 0.4) is 0 Å². The van der Waals surface area contributed by atoms with E-state index in [0.717, 1.165) is 6.42 Å². The van der Waals surface area contributed by atoms with E-state index in [1.165, 1.54) is 0 Å². The van der Waals surface area contributed by atoms with Crippen LogP contribution in [0.4, 0.5) is 0 Å². The van der Waals surface area contributed by atoms with Gasteiger partial charge in [0.25, 0.3) is 0 Å². The topological polar surface area (TPSA) is 57.5 Å². The minimum Gasteiger partial charge on any atom is -0.507 e. The van der Waals surface area contributed by atoms with Crippen LogP contribution in [0.1, 0.15) is 75.9 Å². The van der Waals surface area contributed by atoms with Crippen LogP contribution in [0.5, 0.6) is 5.75 Å². The van der Waals surface area contributed by atoms with Gasteiger partial charge in [-0.05, 0) is 29.9 Å². The molecular weight excluding hydrogens is 288 g/mol. The molecule has 0 aliphatic carbocycles. The summed E-state index contributed by atoms with van der Waals surface area (Å²) in [6, 6.07) is 3.37. The molecule has 126 valence electrons. The molecule has 0 atom stereocenters. The molecule has 0 aliphatic rings. The Labute approximate surface area is 139 Å². The lowest BCUT2D eigenvalue weighted by Crippen LogP contribution is -2.24. The maximum absolute atomic E-state index is 12.4. The van der Waals surface area contributed by atoms with Gasteiger partial charge in [-0.25, -0.2) is 0 Å². The zero-order valence-electron chi connectivity index (χ0n) is 15.1. The number of aliphatic hydroxyl groups is 1. The Kier molecular flexibility index (Phi) is 6.02. The number of hydrogen-bond donors (Lipinski definition) is 2. The summed E-state index contributed by atoms with van der Waals surface area (Å²) in [6.45, 7) is 11.5. The molecule has 1 aromatic rings. The monoisotopic (exact) mass is 316 g/mol. The first-order valence-corrected chi connectivity index (χ1v) is 8.06. The Morgan fingerprint density at radius 3 is 2.17 bits per heavy atom. The summed E-state index contributed by atoms with van der Waals surface area (Å²) in [7, 11) is 0. The van der Waals surface area contributed by atoms with Crippen molar-refractivity contribution in [1.82, 2.24) is 0 Å². The molecule has 0 aromatic heterocycles. The third-order valence-electron chi connectivity index (χ3n) is 3.88. The molecule has 0 radical (unpaired) electrons. The van der Waals surface area contributed by atoms with Crippen LogP contribution in [-0.4, -0.2) is 22.6 Å². The molecule has 0 bridgehead atoms. The maximum atomic E-state index is 12.4. The predicted octanol–water partition coefficient (Wildman–Crippen LogP) is 3.95. The maximum Gasteiger partial charge on any atom is 0.235 e. The van der Waals surface area contributed by atoms with Gasteiger partial charge >= 0.3 is 0 Å². The van der Waals surface area contributed by atoms with Gasteiger partial charge in [0.2, 0.25) is 5.78 Å². The molecule has 0 saturated heterocycles.